The zero-order valence-electron chi connectivity index (χ0n) is 12.5. The third-order valence-corrected chi connectivity index (χ3v) is 3.78. The van der Waals surface area contributed by atoms with Gasteiger partial charge in [0.1, 0.15) is 0 Å². The molecule has 1 atom stereocenters. The van der Waals surface area contributed by atoms with Crippen LogP contribution in [0.2, 0.25) is 0 Å². The van der Waals surface area contributed by atoms with Crippen LogP contribution >= 0.6 is 0 Å². The Labute approximate surface area is 127 Å². The number of hydrogen-bond acceptors (Lipinski definition) is 4. The number of aryl methyl sites for hydroxylation is 2. The van der Waals surface area contributed by atoms with Crippen LogP contribution in [-0.4, -0.2) is 19.6 Å². The number of aliphatic hydroxyl groups excluding tert-OH is 1. The van der Waals surface area contributed by atoms with E-state index in [4.69, 9.17) is 0 Å². The first-order valence-corrected chi connectivity index (χ1v) is 7.10. The Kier molecular flexibility index (Phi) is 3.73. The number of rotatable bonds is 3. The van der Waals surface area contributed by atoms with Gasteiger partial charge in [-0.05, 0) is 31.0 Å². The summed E-state index contributed by atoms with van der Waals surface area (Å²) in [7, 11) is 0. The summed E-state index contributed by atoms with van der Waals surface area (Å²) < 4.78 is 1.44. The molecule has 5 heteroatoms. The maximum atomic E-state index is 12.4. The standard InChI is InChI=1S/C17H17N3O2/c1-11-3-4-13(12(2)7-11)16(21)9-20-10-19-15-8-18-6-5-14(15)17(20)22/h3-8,10,16,21H,9H2,1-2H3/t16-/m0/s1. The van der Waals surface area contributed by atoms with Crippen molar-refractivity contribution in [3.8, 4) is 0 Å². The number of aromatic nitrogens is 3. The summed E-state index contributed by atoms with van der Waals surface area (Å²) in [6, 6.07) is 7.52. The molecule has 3 aromatic rings. The van der Waals surface area contributed by atoms with E-state index in [2.05, 4.69) is 9.97 Å². The highest BCUT2D eigenvalue weighted by Crippen LogP contribution is 2.20. The summed E-state index contributed by atoms with van der Waals surface area (Å²) in [6.07, 6.45) is 3.83. The monoisotopic (exact) mass is 295 g/mol. The van der Waals surface area contributed by atoms with E-state index in [9.17, 15) is 9.90 Å². The van der Waals surface area contributed by atoms with Crippen molar-refractivity contribution >= 4 is 10.9 Å². The first-order valence-electron chi connectivity index (χ1n) is 7.10. The summed E-state index contributed by atoms with van der Waals surface area (Å²) in [6.45, 7) is 4.14. The third-order valence-electron chi connectivity index (χ3n) is 3.78. The second-order valence-electron chi connectivity index (χ2n) is 5.47. The minimum absolute atomic E-state index is 0.170. The van der Waals surface area contributed by atoms with Gasteiger partial charge >= 0.3 is 0 Å². The molecule has 22 heavy (non-hydrogen) atoms. The first-order chi connectivity index (χ1) is 10.6. The summed E-state index contributed by atoms with van der Waals surface area (Å²) >= 11 is 0. The van der Waals surface area contributed by atoms with E-state index in [1.165, 1.54) is 10.9 Å². The number of hydrogen-bond donors (Lipinski definition) is 1. The van der Waals surface area contributed by atoms with Gasteiger partial charge in [-0.25, -0.2) is 4.98 Å². The lowest BCUT2D eigenvalue weighted by Gasteiger charge is -2.15. The molecule has 0 amide bonds. The molecule has 0 saturated heterocycles. The van der Waals surface area contributed by atoms with Crippen LogP contribution in [0.5, 0.6) is 0 Å². The molecular weight excluding hydrogens is 278 g/mol. The molecule has 0 aliphatic heterocycles. The summed E-state index contributed by atoms with van der Waals surface area (Å²) in [5, 5.41) is 10.9. The molecule has 2 aromatic heterocycles. The van der Waals surface area contributed by atoms with Gasteiger partial charge in [0, 0.05) is 6.20 Å². The van der Waals surface area contributed by atoms with Crippen LogP contribution in [0, 0.1) is 13.8 Å². The highest BCUT2D eigenvalue weighted by molar-refractivity contribution is 5.75. The zero-order valence-corrected chi connectivity index (χ0v) is 12.5. The van der Waals surface area contributed by atoms with Gasteiger partial charge in [0.05, 0.1) is 36.1 Å². The minimum Gasteiger partial charge on any atom is -0.387 e. The van der Waals surface area contributed by atoms with Crippen LogP contribution in [0.4, 0.5) is 0 Å². The Balaban J connectivity index is 1.96. The average Bonchev–Trinajstić information content (AvgIpc) is 2.50. The molecule has 112 valence electrons. The minimum atomic E-state index is -0.751. The van der Waals surface area contributed by atoms with Crippen LogP contribution in [0.15, 0.2) is 47.8 Å². The van der Waals surface area contributed by atoms with Crippen LogP contribution in [-0.2, 0) is 6.54 Å². The van der Waals surface area contributed by atoms with Crippen LogP contribution in [0.3, 0.4) is 0 Å². The molecular formula is C17H17N3O2. The summed E-state index contributed by atoms with van der Waals surface area (Å²) in [5.41, 5.74) is 3.37. The predicted octanol–water partition coefficient (Wildman–Crippen LogP) is 2.14. The molecule has 2 heterocycles. The lowest BCUT2D eigenvalue weighted by Crippen LogP contribution is -2.24. The van der Waals surface area contributed by atoms with Crippen molar-refractivity contribution in [3.05, 3.63) is 70.0 Å². The number of fused-ring (bicyclic) bond motifs is 1. The van der Waals surface area contributed by atoms with E-state index in [0.29, 0.717) is 10.9 Å². The fourth-order valence-corrected chi connectivity index (χ4v) is 2.62. The fraction of sp³-hybridized carbons (Fsp3) is 0.235. The van der Waals surface area contributed by atoms with Gasteiger partial charge in [-0.15, -0.1) is 0 Å². The summed E-state index contributed by atoms with van der Waals surface area (Å²) in [4.78, 5) is 20.6. The van der Waals surface area contributed by atoms with Gasteiger partial charge in [0.15, 0.2) is 0 Å². The molecule has 0 saturated carbocycles. The van der Waals surface area contributed by atoms with Crippen molar-refractivity contribution in [2.45, 2.75) is 26.5 Å². The number of nitrogens with zero attached hydrogens (tertiary/aromatic N) is 3. The second kappa shape index (κ2) is 5.69. The quantitative estimate of drug-likeness (QED) is 0.804. The smallest absolute Gasteiger partial charge is 0.261 e. The number of aliphatic hydroxyl groups is 1. The molecule has 5 nitrogen and oxygen atoms in total. The molecule has 0 aliphatic rings. The van der Waals surface area contributed by atoms with E-state index in [1.807, 2.05) is 32.0 Å². The molecule has 0 spiro atoms. The second-order valence-corrected chi connectivity index (χ2v) is 5.47. The lowest BCUT2D eigenvalue weighted by atomic mass is 10.0. The third kappa shape index (κ3) is 2.63. The van der Waals surface area contributed by atoms with Crippen molar-refractivity contribution in [1.82, 2.24) is 14.5 Å². The molecule has 0 radical (unpaired) electrons. The van der Waals surface area contributed by atoms with Crippen LogP contribution < -0.4 is 5.56 Å². The molecule has 0 bridgehead atoms. The van der Waals surface area contributed by atoms with Gasteiger partial charge < -0.3 is 5.11 Å². The van der Waals surface area contributed by atoms with Crippen molar-refractivity contribution in [2.75, 3.05) is 0 Å². The van der Waals surface area contributed by atoms with E-state index in [1.54, 1.807) is 18.5 Å². The Morgan fingerprint density at radius 2 is 2.09 bits per heavy atom. The number of benzene rings is 1. The molecule has 0 unspecified atom stereocenters. The SMILES string of the molecule is Cc1ccc([C@@H](O)Cn2cnc3cnccc3c2=O)c(C)c1. The molecule has 0 fully saturated rings. The van der Waals surface area contributed by atoms with E-state index in [0.717, 1.165) is 16.7 Å². The average molecular weight is 295 g/mol. The van der Waals surface area contributed by atoms with Gasteiger partial charge in [-0.2, -0.15) is 0 Å². The normalized spacial score (nSPS) is 12.5. The highest BCUT2D eigenvalue weighted by Gasteiger charge is 2.13. The van der Waals surface area contributed by atoms with Crippen molar-refractivity contribution < 1.29 is 5.11 Å². The van der Waals surface area contributed by atoms with Gasteiger partial charge in [0.25, 0.3) is 5.56 Å². The lowest BCUT2D eigenvalue weighted by molar-refractivity contribution is 0.154. The van der Waals surface area contributed by atoms with Gasteiger partial charge in [-0.3, -0.25) is 14.3 Å². The highest BCUT2D eigenvalue weighted by atomic mass is 16.3. The first kappa shape index (κ1) is 14.4. The Morgan fingerprint density at radius 1 is 1.27 bits per heavy atom. The maximum Gasteiger partial charge on any atom is 0.261 e. The summed E-state index contributed by atoms with van der Waals surface area (Å²) in [5.74, 6) is 0. The van der Waals surface area contributed by atoms with E-state index < -0.39 is 6.10 Å². The Morgan fingerprint density at radius 3 is 2.86 bits per heavy atom. The maximum absolute atomic E-state index is 12.4. The van der Waals surface area contributed by atoms with Gasteiger partial charge in [0.2, 0.25) is 0 Å². The fourth-order valence-electron chi connectivity index (χ4n) is 2.62. The predicted molar refractivity (Wildman–Crippen MR) is 84.7 cm³/mol. The molecule has 1 aromatic carbocycles. The zero-order chi connectivity index (χ0) is 15.7. The van der Waals surface area contributed by atoms with E-state index in [-0.39, 0.29) is 12.1 Å². The molecule has 1 N–H and O–H groups in total. The van der Waals surface area contributed by atoms with Crippen molar-refractivity contribution in [3.63, 3.8) is 0 Å². The van der Waals surface area contributed by atoms with Gasteiger partial charge in [-0.1, -0.05) is 23.8 Å². The topological polar surface area (TPSA) is 68.0 Å². The van der Waals surface area contributed by atoms with E-state index >= 15 is 0 Å². The van der Waals surface area contributed by atoms with Crippen molar-refractivity contribution in [1.29, 1.82) is 0 Å². The molecule has 0 aliphatic carbocycles. The molecule has 3 rings (SSSR count). The largest absolute Gasteiger partial charge is 0.387 e. The number of pyridine rings is 1. The van der Waals surface area contributed by atoms with Crippen LogP contribution in [0.25, 0.3) is 10.9 Å². The Bertz CT molecular complexity index is 886. The van der Waals surface area contributed by atoms with Crippen molar-refractivity contribution in [2.24, 2.45) is 0 Å². The van der Waals surface area contributed by atoms with Crippen LogP contribution in [0.1, 0.15) is 22.8 Å². The Hall–Kier alpha value is -2.53.